The van der Waals surface area contributed by atoms with E-state index in [1.807, 2.05) is 13.8 Å². The zero-order chi connectivity index (χ0) is 9.30. The molecule has 0 radical (unpaired) electrons. The van der Waals surface area contributed by atoms with Gasteiger partial charge in [-0.25, -0.2) is 4.79 Å². The van der Waals surface area contributed by atoms with E-state index in [9.17, 15) is 9.59 Å². The van der Waals surface area contributed by atoms with Gasteiger partial charge in [0.1, 0.15) is 6.04 Å². The Morgan fingerprint density at radius 2 is 2.25 bits per heavy atom. The lowest BCUT2D eigenvalue weighted by molar-refractivity contribution is -0.123. The molecule has 0 saturated carbocycles. The van der Waals surface area contributed by atoms with Crippen molar-refractivity contribution in [2.24, 2.45) is 5.92 Å². The standard InChI is InChI=1S/C8H14N2O2/c1-5(2)7(11)6-4-10(3)8(12)9-6/h5-6H,4H2,1-3H3,(H,9,12)/t6-/m0/s1. The summed E-state index contributed by atoms with van der Waals surface area (Å²) in [6.45, 7) is 4.18. The maximum Gasteiger partial charge on any atom is 0.317 e. The van der Waals surface area contributed by atoms with E-state index in [0.29, 0.717) is 6.54 Å². The van der Waals surface area contributed by atoms with Crippen molar-refractivity contribution in [1.29, 1.82) is 0 Å². The van der Waals surface area contributed by atoms with Crippen LogP contribution in [-0.2, 0) is 4.79 Å². The van der Waals surface area contributed by atoms with Crippen molar-refractivity contribution in [3.8, 4) is 0 Å². The number of carbonyl (C=O) groups is 2. The van der Waals surface area contributed by atoms with Gasteiger partial charge in [0.2, 0.25) is 0 Å². The van der Waals surface area contributed by atoms with Crippen LogP contribution in [0.4, 0.5) is 4.79 Å². The Labute approximate surface area is 71.9 Å². The molecule has 0 aromatic carbocycles. The number of hydrogen-bond donors (Lipinski definition) is 1. The van der Waals surface area contributed by atoms with Crippen LogP contribution in [0.5, 0.6) is 0 Å². The number of likely N-dealkylation sites (N-methyl/N-ethyl adjacent to an activating group) is 1. The molecule has 1 atom stereocenters. The second-order valence-electron chi connectivity index (χ2n) is 3.44. The van der Waals surface area contributed by atoms with Gasteiger partial charge in [0, 0.05) is 19.5 Å². The predicted octanol–water partition coefficient (Wildman–Crippen LogP) is 0.235. The molecule has 12 heavy (non-hydrogen) atoms. The Hall–Kier alpha value is -1.06. The van der Waals surface area contributed by atoms with Crippen LogP contribution in [-0.4, -0.2) is 36.3 Å². The molecule has 1 fully saturated rings. The van der Waals surface area contributed by atoms with Crippen LogP contribution in [0.15, 0.2) is 0 Å². The number of Topliss-reactive ketones (excluding diaryl/α,β-unsaturated/α-hetero) is 1. The summed E-state index contributed by atoms with van der Waals surface area (Å²) in [5.41, 5.74) is 0. The van der Waals surface area contributed by atoms with Crippen molar-refractivity contribution in [3.05, 3.63) is 0 Å². The first-order chi connectivity index (χ1) is 5.52. The fourth-order valence-corrected chi connectivity index (χ4v) is 1.23. The van der Waals surface area contributed by atoms with Crippen LogP contribution in [0, 0.1) is 5.92 Å². The van der Waals surface area contributed by atoms with Crippen molar-refractivity contribution >= 4 is 11.8 Å². The molecular weight excluding hydrogens is 156 g/mol. The first-order valence-electron chi connectivity index (χ1n) is 4.07. The molecular formula is C8H14N2O2. The van der Waals surface area contributed by atoms with E-state index < -0.39 is 0 Å². The molecule has 1 N–H and O–H groups in total. The molecule has 0 bridgehead atoms. The molecule has 1 heterocycles. The number of rotatable bonds is 2. The van der Waals surface area contributed by atoms with Crippen LogP contribution >= 0.6 is 0 Å². The zero-order valence-electron chi connectivity index (χ0n) is 7.63. The molecule has 2 amide bonds. The monoisotopic (exact) mass is 170 g/mol. The Balaban J connectivity index is 2.57. The summed E-state index contributed by atoms with van der Waals surface area (Å²) < 4.78 is 0. The number of urea groups is 1. The second-order valence-corrected chi connectivity index (χ2v) is 3.44. The third kappa shape index (κ3) is 1.57. The molecule has 4 heteroatoms. The minimum Gasteiger partial charge on any atom is -0.326 e. The number of amides is 2. The highest BCUT2D eigenvalue weighted by Crippen LogP contribution is 2.07. The average Bonchev–Trinajstić information content (AvgIpc) is 2.30. The maximum atomic E-state index is 11.4. The summed E-state index contributed by atoms with van der Waals surface area (Å²) in [5.74, 6) is 0.0921. The molecule has 0 spiro atoms. The molecule has 1 aliphatic rings. The van der Waals surface area contributed by atoms with Gasteiger partial charge in [-0.1, -0.05) is 13.8 Å². The maximum absolute atomic E-state index is 11.4. The fourth-order valence-electron chi connectivity index (χ4n) is 1.23. The van der Waals surface area contributed by atoms with Gasteiger partial charge in [-0.3, -0.25) is 4.79 Å². The van der Waals surface area contributed by atoms with E-state index in [-0.39, 0.29) is 23.8 Å². The minimum absolute atomic E-state index is 0.0122. The first kappa shape index (κ1) is 9.03. The lowest BCUT2D eigenvalue weighted by Gasteiger charge is -2.10. The smallest absolute Gasteiger partial charge is 0.317 e. The molecule has 0 aromatic heterocycles. The summed E-state index contributed by atoms with van der Waals surface area (Å²) in [4.78, 5) is 23.9. The van der Waals surface area contributed by atoms with Crippen molar-refractivity contribution in [2.75, 3.05) is 13.6 Å². The largest absolute Gasteiger partial charge is 0.326 e. The van der Waals surface area contributed by atoms with Crippen LogP contribution in [0.2, 0.25) is 0 Å². The highest BCUT2D eigenvalue weighted by Gasteiger charge is 2.31. The van der Waals surface area contributed by atoms with Crippen LogP contribution < -0.4 is 5.32 Å². The van der Waals surface area contributed by atoms with E-state index >= 15 is 0 Å². The lowest BCUT2D eigenvalue weighted by Crippen LogP contribution is -2.36. The van der Waals surface area contributed by atoms with Crippen molar-refractivity contribution in [2.45, 2.75) is 19.9 Å². The van der Waals surface area contributed by atoms with Crippen LogP contribution in [0.1, 0.15) is 13.8 Å². The summed E-state index contributed by atoms with van der Waals surface area (Å²) in [6, 6.07) is -0.462. The van der Waals surface area contributed by atoms with Gasteiger partial charge in [-0.2, -0.15) is 0 Å². The highest BCUT2D eigenvalue weighted by molar-refractivity contribution is 5.92. The van der Waals surface area contributed by atoms with Gasteiger partial charge in [0.25, 0.3) is 0 Å². The van der Waals surface area contributed by atoms with Gasteiger partial charge >= 0.3 is 6.03 Å². The number of nitrogens with one attached hydrogen (secondary N) is 1. The molecule has 0 unspecified atom stereocenters. The average molecular weight is 170 g/mol. The van der Waals surface area contributed by atoms with Crippen LogP contribution in [0.25, 0.3) is 0 Å². The Kier molecular flexibility index (Phi) is 2.35. The minimum atomic E-state index is -0.303. The van der Waals surface area contributed by atoms with E-state index in [1.165, 1.54) is 4.90 Å². The van der Waals surface area contributed by atoms with Crippen molar-refractivity contribution in [3.63, 3.8) is 0 Å². The highest BCUT2D eigenvalue weighted by atomic mass is 16.2. The first-order valence-corrected chi connectivity index (χ1v) is 4.07. The number of nitrogens with zero attached hydrogens (tertiary/aromatic N) is 1. The van der Waals surface area contributed by atoms with Crippen LogP contribution in [0.3, 0.4) is 0 Å². The van der Waals surface area contributed by atoms with Gasteiger partial charge in [0.15, 0.2) is 5.78 Å². The number of ketones is 1. The third-order valence-electron chi connectivity index (χ3n) is 2.01. The second kappa shape index (κ2) is 3.13. The SMILES string of the molecule is CC(C)C(=O)[C@@H]1CN(C)C(=O)N1. The lowest BCUT2D eigenvalue weighted by atomic mass is 10.0. The van der Waals surface area contributed by atoms with E-state index in [1.54, 1.807) is 7.05 Å². The van der Waals surface area contributed by atoms with Gasteiger partial charge < -0.3 is 10.2 Å². The molecule has 1 aliphatic heterocycles. The summed E-state index contributed by atoms with van der Waals surface area (Å²) in [7, 11) is 1.68. The normalized spacial score (nSPS) is 23.2. The summed E-state index contributed by atoms with van der Waals surface area (Å²) in [6.07, 6.45) is 0. The predicted molar refractivity (Wildman–Crippen MR) is 44.8 cm³/mol. The molecule has 0 aliphatic carbocycles. The van der Waals surface area contributed by atoms with Gasteiger partial charge in [-0.15, -0.1) is 0 Å². The van der Waals surface area contributed by atoms with Crippen molar-refractivity contribution < 1.29 is 9.59 Å². The van der Waals surface area contributed by atoms with Gasteiger partial charge in [-0.05, 0) is 0 Å². The fraction of sp³-hybridized carbons (Fsp3) is 0.750. The van der Waals surface area contributed by atoms with E-state index in [4.69, 9.17) is 0 Å². The molecule has 68 valence electrons. The van der Waals surface area contributed by atoms with E-state index in [0.717, 1.165) is 0 Å². The molecule has 1 rings (SSSR count). The Morgan fingerprint density at radius 1 is 1.67 bits per heavy atom. The Bertz CT molecular complexity index is 213. The third-order valence-corrected chi connectivity index (χ3v) is 2.01. The molecule has 1 saturated heterocycles. The number of hydrogen-bond acceptors (Lipinski definition) is 2. The topological polar surface area (TPSA) is 49.4 Å². The summed E-state index contributed by atoms with van der Waals surface area (Å²) >= 11 is 0. The molecule has 4 nitrogen and oxygen atoms in total. The molecule has 0 aromatic rings. The summed E-state index contributed by atoms with van der Waals surface area (Å²) in [5, 5.41) is 2.62. The quantitative estimate of drug-likeness (QED) is 0.645. The zero-order valence-corrected chi connectivity index (χ0v) is 7.63. The van der Waals surface area contributed by atoms with E-state index in [2.05, 4.69) is 5.32 Å². The van der Waals surface area contributed by atoms with Crippen molar-refractivity contribution in [1.82, 2.24) is 10.2 Å². The Morgan fingerprint density at radius 3 is 2.58 bits per heavy atom. The van der Waals surface area contributed by atoms with Gasteiger partial charge in [0.05, 0.1) is 0 Å². The number of carbonyl (C=O) groups excluding carboxylic acids is 2.